The van der Waals surface area contributed by atoms with Crippen LogP contribution in [0.3, 0.4) is 0 Å². The van der Waals surface area contributed by atoms with E-state index < -0.39 is 18.0 Å². The van der Waals surface area contributed by atoms with Gasteiger partial charge in [-0.15, -0.1) is 0 Å². The maximum atomic E-state index is 13.9. The standard InChI is InChI=1S/C35H47N5O5/c1-4-11-28(36-32(42)27-14-8-9-16-30(27)45-24-31(41)37-35(2)17-18-35)33(43)40-19-10-15-29(40)34(44)39-21-20-38(3)26(23-39)22-25-12-6-5-7-13-25/h5-9,12-14,16,26,28-29H,4,10-11,15,17-24H2,1-3H3,(H,36,42)(H,37,41)/t26-,28+,29+/m0/s1. The van der Waals surface area contributed by atoms with Crippen molar-refractivity contribution in [3.05, 3.63) is 65.7 Å². The summed E-state index contributed by atoms with van der Waals surface area (Å²) < 4.78 is 5.74. The predicted molar refractivity (Wildman–Crippen MR) is 172 cm³/mol. The summed E-state index contributed by atoms with van der Waals surface area (Å²) in [4.78, 5) is 59.6. The Labute approximate surface area is 266 Å². The van der Waals surface area contributed by atoms with Crippen molar-refractivity contribution in [2.75, 3.05) is 39.8 Å². The van der Waals surface area contributed by atoms with E-state index in [4.69, 9.17) is 4.74 Å². The summed E-state index contributed by atoms with van der Waals surface area (Å²) in [5.74, 6) is -0.641. The van der Waals surface area contributed by atoms with E-state index in [1.807, 2.05) is 36.9 Å². The predicted octanol–water partition coefficient (Wildman–Crippen LogP) is 3.01. The van der Waals surface area contributed by atoms with E-state index in [0.29, 0.717) is 38.9 Å². The molecule has 2 N–H and O–H groups in total. The maximum absolute atomic E-state index is 13.9. The Bertz CT molecular complexity index is 1360. The molecule has 2 aliphatic heterocycles. The number of likely N-dealkylation sites (N-methyl/N-ethyl adjacent to an activating group) is 1. The van der Waals surface area contributed by atoms with E-state index in [0.717, 1.165) is 32.2 Å². The van der Waals surface area contributed by atoms with E-state index in [9.17, 15) is 19.2 Å². The lowest BCUT2D eigenvalue weighted by molar-refractivity contribution is -0.146. The largest absolute Gasteiger partial charge is 0.483 e. The van der Waals surface area contributed by atoms with Gasteiger partial charge in [-0.3, -0.25) is 24.1 Å². The van der Waals surface area contributed by atoms with Crippen LogP contribution in [0.15, 0.2) is 54.6 Å². The van der Waals surface area contributed by atoms with Crippen molar-refractivity contribution in [2.24, 2.45) is 0 Å². The molecule has 3 aliphatic rings. The minimum Gasteiger partial charge on any atom is -0.483 e. The zero-order valence-electron chi connectivity index (χ0n) is 26.8. The van der Waals surface area contributed by atoms with Gasteiger partial charge in [0, 0.05) is 37.8 Å². The highest BCUT2D eigenvalue weighted by atomic mass is 16.5. The minimum atomic E-state index is -0.777. The number of piperazine rings is 1. The lowest BCUT2D eigenvalue weighted by Gasteiger charge is -2.41. The van der Waals surface area contributed by atoms with Gasteiger partial charge in [-0.25, -0.2) is 0 Å². The first-order valence-corrected chi connectivity index (χ1v) is 16.3. The first-order chi connectivity index (χ1) is 21.7. The molecule has 0 aromatic heterocycles. The molecule has 10 nitrogen and oxygen atoms in total. The third-order valence-electron chi connectivity index (χ3n) is 9.34. The molecule has 242 valence electrons. The molecular formula is C35H47N5O5. The molecule has 0 spiro atoms. The van der Waals surface area contributed by atoms with Gasteiger partial charge in [0.1, 0.15) is 17.8 Å². The quantitative estimate of drug-likeness (QED) is 0.379. The summed E-state index contributed by atoms with van der Waals surface area (Å²) in [7, 11) is 2.10. The smallest absolute Gasteiger partial charge is 0.258 e. The molecule has 0 bridgehead atoms. The van der Waals surface area contributed by atoms with Gasteiger partial charge in [-0.1, -0.05) is 55.8 Å². The van der Waals surface area contributed by atoms with E-state index >= 15 is 0 Å². The minimum absolute atomic E-state index is 0.00864. The van der Waals surface area contributed by atoms with Crippen LogP contribution in [0.5, 0.6) is 5.75 Å². The van der Waals surface area contributed by atoms with Crippen molar-refractivity contribution >= 4 is 23.6 Å². The molecule has 2 heterocycles. The van der Waals surface area contributed by atoms with E-state index in [2.05, 4.69) is 34.7 Å². The van der Waals surface area contributed by atoms with Crippen molar-refractivity contribution in [1.29, 1.82) is 0 Å². The van der Waals surface area contributed by atoms with Crippen LogP contribution in [-0.2, 0) is 20.8 Å². The molecule has 2 aromatic rings. The third kappa shape index (κ3) is 8.22. The molecule has 0 radical (unpaired) electrons. The molecule has 45 heavy (non-hydrogen) atoms. The fraction of sp³-hybridized carbons (Fsp3) is 0.543. The number of nitrogens with zero attached hydrogens (tertiary/aromatic N) is 3. The Balaban J connectivity index is 1.22. The van der Waals surface area contributed by atoms with Gasteiger partial charge in [0.15, 0.2) is 6.61 Å². The lowest BCUT2D eigenvalue weighted by atomic mass is 10.0. The number of rotatable bonds is 12. The Hall–Kier alpha value is -3.92. The van der Waals surface area contributed by atoms with Crippen LogP contribution in [0.25, 0.3) is 0 Å². The lowest BCUT2D eigenvalue weighted by Crippen LogP contribution is -2.59. The molecule has 10 heteroatoms. The van der Waals surface area contributed by atoms with Gasteiger partial charge in [0.25, 0.3) is 11.8 Å². The first kappa shape index (κ1) is 32.5. The molecule has 2 aromatic carbocycles. The molecule has 4 amide bonds. The van der Waals surface area contributed by atoms with Gasteiger partial charge in [0.05, 0.1) is 5.56 Å². The average molecular weight is 618 g/mol. The SMILES string of the molecule is CCC[C@@H](NC(=O)c1ccccc1OCC(=O)NC1(C)CC1)C(=O)N1CCC[C@@H]1C(=O)N1CCN(C)[C@@H](Cc2ccccc2)C1. The fourth-order valence-electron chi connectivity index (χ4n) is 6.34. The van der Waals surface area contributed by atoms with Crippen LogP contribution in [-0.4, -0.2) is 102 Å². The first-order valence-electron chi connectivity index (χ1n) is 16.3. The van der Waals surface area contributed by atoms with Gasteiger partial charge >= 0.3 is 0 Å². The Morgan fingerprint density at radius 2 is 1.73 bits per heavy atom. The Morgan fingerprint density at radius 1 is 1.00 bits per heavy atom. The highest BCUT2D eigenvalue weighted by molar-refractivity contribution is 6.00. The number of nitrogens with one attached hydrogen (secondary N) is 2. The van der Waals surface area contributed by atoms with E-state index in [-0.39, 0.29) is 47.2 Å². The molecule has 3 atom stereocenters. The van der Waals surface area contributed by atoms with Crippen molar-refractivity contribution in [1.82, 2.24) is 25.3 Å². The van der Waals surface area contributed by atoms with Crippen LogP contribution in [0.4, 0.5) is 0 Å². The molecule has 1 aliphatic carbocycles. The average Bonchev–Trinajstić information content (AvgIpc) is 3.55. The van der Waals surface area contributed by atoms with Crippen LogP contribution >= 0.6 is 0 Å². The highest BCUT2D eigenvalue weighted by Gasteiger charge is 2.41. The molecule has 3 fully saturated rings. The van der Waals surface area contributed by atoms with Crippen LogP contribution in [0, 0.1) is 0 Å². The monoisotopic (exact) mass is 617 g/mol. The third-order valence-corrected chi connectivity index (χ3v) is 9.34. The number of likely N-dealkylation sites (tertiary alicyclic amines) is 1. The number of hydrogen-bond donors (Lipinski definition) is 2. The van der Waals surface area contributed by atoms with Crippen molar-refractivity contribution in [3.8, 4) is 5.75 Å². The van der Waals surface area contributed by atoms with E-state index in [1.165, 1.54) is 5.56 Å². The fourth-order valence-corrected chi connectivity index (χ4v) is 6.34. The second-order valence-corrected chi connectivity index (χ2v) is 13.0. The summed E-state index contributed by atoms with van der Waals surface area (Å²) in [5, 5.41) is 5.87. The number of ether oxygens (including phenoxy) is 1. The summed E-state index contributed by atoms with van der Waals surface area (Å²) in [6.07, 6.45) is 5.23. The summed E-state index contributed by atoms with van der Waals surface area (Å²) in [5.41, 5.74) is 1.34. The number of carbonyl (C=O) groups is 4. The molecule has 5 rings (SSSR count). The summed E-state index contributed by atoms with van der Waals surface area (Å²) in [6.45, 7) is 6.26. The second-order valence-electron chi connectivity index (χ2n) is 13.0. The topological polar surface area (TPSA) is 111 Å². The maximum Gasteiger partial charge on any atom is 0.258 e. The Morgan fingerprint density at radius 3 is 2.47 bits per heavy atom. The van der Waals surface area contributed by atoms with Crippen molar-refractivity contribution < 1.29 is 23.9 Å². The van der Waals surface area contributed by atoms with Crippen LogP contribution < -0.4 is 15.4 Å². The van der Waals surface area contributed by atoms with Crippen molar-refractivity contribution in [3.63, 3.8) is 0 Å². The van der Waals surface area contributed by atoms with Crippen molar-refractivity contribution in [2.45, 2.75) is 82.5 Å². The molecule has 1 saturated carbocycles. The Kier molecular flexibility index (Phi) is 10.4. The number of hydrogen-bond acceptors (Lipinski definition) is 6. The van der Waals surface area contributed by atoms with Gasteiger partial charge in [-0.05, 0) is 70.2 Å². The molecule has 0 unspecified atom stereocenters. The zero-order chi connectivity index (χ0) is 32.0. The second kappa shape index (κ2) is 14.5. The highest BCUT2D eigenvalue weighted by Crippen LogP contribution is 2.34. The number of carbonyl (C=O) groups excluding carboxylic acids is 4. The summed E-state index contributed by atoms with van der Waals surface area (Å²) >= 11 is 0. The molecule has 2 saturated heterocycles. The van der Waals surface area contributed by atoms with Crippen LogP contribution in [0.2, 0.25) is 0 Å². The van der Waals surface area contributed by atoms with Gasteiger partial charge in [0.2, 0.25) is 11.8 Å². The summed E-state index contributed by atoms with van der Waals surface area (Å²) in [6, 6.07) is 15.9. The number of amides is 4. The van der Waals surface area contributed by atoms with Gasteiger partial charge in [-0.2, -0.15) is 0 Å². The van der Waals surface area contributed by atoms with E-state index in [1.54, 1.807) is 29.2 Å². The van der Waals surface area contributed by atoms with Gasteiger partial charge < -0.3 is 25.2 Å². The zero-order valence-corrected chi connectivity index (χ0v) is 26.8. The van der Waals surface area contributed by atoms with Crippen LogP contribution in [0.1, 0.15) is 68.3 Å². The number of benzene rings is 2. The molecular weight excluding hydrogens is 570 g/mol. The number of para-hydroxylation sites is 1. The normalized spacial score (nSPS) is 21.6.